The number of nitrogens with zero attached hydrogens (tertiary/aromatic N) is 1. The van der Waals surface area contributed by atoms with Crippen molar-refractivity contribution in [3.05, 3.63) is 47.5 Å². The van der Waals surface area contributed by atoms with Gasteiger partial charge in [0.1, 0.15) is 0 Å². The fourth-order valence-electron chi connectivity index (χ4n) is 2.52. The summed E-state index contributed by atoms with van der Waals surface area (Å²) in [5.41, 5.74) is 3.71. The molecule has 0 radical (unpaired) electrons. The number of methoxy groups -OCH3 is 1. The number of amides is 1. The second-order valence-electron chi connectivity index (χ2n) is 5.99. The minimum atomic E-state index is -0.349. The van der Waals surface area contributed by atoms with E-state index < -0.39 is 0 Å². The maximum Gasteiger partial charge on any atom is 0.271 e. The number of carbonyl (C=O) groups is 1. The molecule has 1 N–H and O–H groups in total. The lowest BCUT2D eigenvalue weighted by atomic mass is 10.2. The van der Waals surface area contributed by atoms with E-state index in [2.05, 4.69) is 10.5 Å². The van der Waals surface area contributed by atoms with Crippen LogP contribution in [0.1, 0.15) is 43.1 Å². The molecule has 0 spiro atoms. The van der Waals surface area contributed by atoms with Crippen LogP contribution in [0.2, 0.25) is 0 Å². The molecule has 2 aromatic carbocycles. The van der Waals surface area contributed by atoms with Gasteiger partial charge in [-0.05, 0) is 62.2 Å². The first-order valence-corrected chi connectivity index (χ1v) is 9.66. The fraction of sp³-hybridized carbons (Fsp3) is 0.364. The molecule has 0 bridgehead atoms. The third-order valence-electron chi connectivity index (χ3n) is 3.83. The molecule has 7 nitrogen and oxygen atoms in total. The highest BCUT2D eigenvalue weighted by molar-refractivity contribution is 5.95. The molecule has 1 amide bonds. The maximum atomic E-state index is 12.4. The predicted octanol–water partition coefficient (Wildman–Crippen LogP) is 4.05. The molecule has 0 aliphatic carbocycles. The summed E-state index contributed by atoms with van der Waals surface area (Å²) in [5.74, 6) is 2.07. The lowest BCUT2D eigenvalue weighted by molar-refractivity contribution is 0.0954. The largest absolute Gasteiger partial charge is 0.493 e. The molecule has 0 saturated carbocycles. The van der Waals surface area contributed by atoms with Crippen molar-refractivity contribution >= 4 is 12.1 Å². The normalized spacial score (nSPS) is 10.6. The summed E-state index contributed by atoms with van der Waals surface area (Å²) in [6.07, 6.45) is 2.43. The van der Waals surface area contributed by atoms with E-state index in [1.807, 2.05) is 39.0 Å². The van der Waals surface area contributed by atoms with Gasteiger partial charge in [0.2, 0.25) is 0 Å². The first kappa shape index (κ1) is 22.1. The SMILES string of the molecule is CCCOc1ccc(C(=O)N/N=C/c2ccc(OCC)c(OCC)c2)cc1OC. The molecule has 0 heterocycles. The van der Waals surface area contributed by atoms with Gasteiger partial charge >= 0.3 is 0 Å². The van der Waals surface area contributed by atoms with Gasteiger partial charge in [0.25, 0.3) is 5.91 Å². The van der Waals surface area contributed by atoms with Crippen LogP contribution >= 0.6 is 0 Å². The molecule has 0 saturated heterocycles. The van der Waals surface area contributed by atoms with Crippen LogP contribution in [0.15, 0.2) is 41.5 Å². The van der Waals surface area contributed by atoms with E-state index in [0.29, 0.717) is 48.4 Å². The molecule has 0 aliphatic heterocycles. The Morgan fingerprint density at radius 3 is 2.31 bits per heavy atom. The van der Waals surface area contributed by atoms with Crippen molar-refractivity contribution in [3.63, 3.8) is 0 Å². The quantitative estimate of drug-likeness (QED) is 0.455. The summed E-state index contributed by atoms with van der Waals surface area (Å²) in [5, 5.41) is 4.03. The van der Waals surface area contributed by atoms with E-state index in [4.69, 9.17) is 18.9 Å². The van der Waals surface area contributed by atoms with Crippen molar-refractivity contribution in [1.29, 1.82) is 0 Å². The van der Waals surface area contributed by atoms with Crippen molar-refractivity contribution in [1.82, 2.24) is 5.43 Å². The Morgan fingerprint density at radius 2 is 1.62 bits per heavy atom. The van der Waals surface area contributed by atoms with Gasteiger partial charge in [-0.15, -0.1) is 0 Å². The highest BCUT2D eigenvalue weighted by Gasteiger charge is 2.11. The zero-order chi connectivity index (χ0) is 21.1. The van der Waals surface area contributed by atoms with Crippen molar-refractivity contribution < 1.29 is 23.7 Å². The monoisotopic (exact) mass is 400 g/mol. The number of carbonyl (C=O) groups excluding carboxylic acids is 1. The van der Waals surface area contributed by atoms with Gasteiger partial charge in [-0.25, -0.2) is 5.43 Å². The van der Waals surface area contributed by atoms with E-state index in [1.165, 1.54) is 7.11 Å². The number of nitrogens with one attached hydrogen (secondary N) is 1. The third-order valence-corrected chi connectivity index (χ3v) is 3.83. The van der Waals surface area contributed by atoms with Crippen LogP contribution in [0.3, 0.4) is 0 Å². The number of rotatable bonds is 11. The van der Waals surface area contributed by atoms with Gasteiger partial charge in [-0.2, -0.15) is 5.10 Å². The van der Waals surface area contributed by atoms with Gasteiger partial charge < -0.3 is 18.9 Å². The van der Waals surface area contributed by atoms with Gasteiger partial charge in [-0.1, -0.05) is 6.92 Å². The Labute approximate surface area is 171 Å². The molecule has 0 aliphatic rings. The molecule has 2 rings (SSSR count). The molecular formula is C22H28N2O5. The third kappa shape index (κ3) is 6.41. The van der Waals surface area contributed by atoms with Crippen molar-refractivity contribution in [2.24, 2.45) is 5.10 Å². The second-order valence-corrected chi connectivity index (χ2v) is 5.99. The lowest BCUT2D eigenvalue weighted by Gasteiger charge is -2.11. The topological polar surface area (TPSA) is 78.4 Å². The zero-order valence-corrected chi connectivity index (χ0v) is 17.4. The van der Waals surface area contributed by atoms with Gasteiger partial charge in [0, 0.05) is 5.56 Å². The van der Waals surface area contributed by atoms with Crippen LogP contribution in [0.25, 0.3) is 0 Å². The van der Waals surface area contributed by atoms with Crippen molar-refractivity contribution in [3.8, 4) is 23.0 Å². The van der Waals surface area contributed by atoms with Crippen molar-refractivity contribution in [2.75, 3.05) is 26.9 Å². The number of ether oxygens (including phenoxy) is 4. The highest BCUT2D eigenvalue weighted by Crippen LogP contribution is 2.29. The molecule has 0 fully saturated rings. The Hall–Kier alpha value is -3.22. The summed E-state index contributed by atoms with van der Waals surface area (Å²) in [6.45, 7) is 7.50. The standard InChI is InChI=1S/C22H28N2O5/c1-5-12-29-18-11-9-17(14-20(18)26-4)22(25)24-23-15-16-8-10-19(27-6-2)21(13-16)28-7-3/h8-11,13-15H,5-7,12H2,1-4H3,(H,24,25)/b23-15+. The Morgan fingerprint density at radius 1 is 0.931 bits per heavy atom. The summed E-state index contributed by atoms with van der Waals surface area (Å²) in [4.78, 5) is 12.4. The van der Waals surface area contributed by atoms with Crippen LogP contribution in [-0.2, 0) is 0 Å². The van der Waals surface area contributed by atoms with E-state index in [1.54, 1.807) is 24.4 Å². The molecule has 0 unspecified atom stereocenters. The van der Waals surface area contributed by atoms with Crippen LogP contribution < -0.4 is 24.4 Å². The van der Waals surface area contributed by atoms with Gasteiger partial charge in [0.15, 0.2) is 23.0 Å². The summed E-state index contributed by atoms with van der Waals surface area (Å²) >= 11 is 0. The van der Waals surface area contributed by atoms with Crippen molar-refractivity contribution in [2.45, 2.75) is 27.2 Å². The highest BCUT2D eigenvalue weighted by atomic mass is 16.5. The minimum Gasteiger partial charge on any atom is -0.493 e. The van der Waals surface area contributed by atoms with Crippen LogP contribution in [0, 0.1) is 0 Å². The van der Waals surface area contributed by atoms with E-state index in [0.717, 1.165) is 12.0 Å². The molecule has 29 heavy (non-hydrogen) atoms. The van der Waals surface area contributed by atoms with Crippen LogP contribution in [0.5, 0.6) is 23.0 Å². The van der Waals surface area contributed by atoms with Crippen LogP contribution in [-0.4, -0.2) is 39.1 Å². The first-order valence-electron chi connectivity index (χ1n) is 9.66. The lowest BCUT2D eigenvalue weighted by Crippen LogP contribution is -2.17. The average molecular weight is 400 g/mol. The van der Waals surface area contributed by atoms with Gasteiger partial charge in [-0.3, -0.25) is 4.79 Å². The molecule has 156 valence electrons. The van der Waals surface area contributed by atoms with Crippen LogP contribution in [0.4, 0.5) is 0 Å². The summed E-state index contributed by atoms with van der Waals surface area (Å²) < 4.78 is 22.0. The van der Waals surface area contributed by atoms with Gasteiger partial charge in [0.05, 0.1) is 33.1 Å². The zero-order valence-electron chi connectivity index (χ0n) is 17.4. The van der Waals surface area contributed by atoms with E-state index in [9.17, 15) is 4.79 Å². The second kappa shape index (κ2) is 11.6. The Kier molecular flexibility index (Phi) is 8.82. The fourth-order valence-corrected chi connectivity index (χ4v) is 2.52. The number of hydrogen-bond acceptors (Lipinski definition) is 6. The minimum absolute atomic E-state index is 0.349. The predicted molar refractivity (Wildman–Crippen MR) is 113 cm³/mol. The number of benzene rings is 2. The smallest absolute Gasteiger partial charge is 0.271 e. The van der Waals surface area contributed by atoms with E-state index >= 15 is 0 Å². The Balaban J connectivity index is 2.06. The summed E-state index contributed by atoms with van der Waals surface area (Å²) in [6, 6.07) is 10.5. The Bertz CT molecular complexity index is 836. The average Bonchev–Trinajstić information content (AvgIpc) is 2.74. The van der Waals surface area contributed by atoms with E-state index in [-0.39, 0.29) is 5.91 Å². The molecule has 0 atom stereocenters. The summed E-state index contributed by atoms with van der Waals surface area (Å²) in [7, 11) is 1.54. The first-order chi connectivity index (χ1) is 14.1. The molecule has 0 aromatic heterocycles. The number of hydrazone groups is 1. The number of hydrogen-bond donors (Lipinski definition) is 1. The molecular weight excluding hydrogens is 372 g/mol. The molecule has 2 aromatic rings. The molecule has 7 heteroatoms. The maximum absolute atomic E-state index is 12.4.